The van der Waals surface area contributed by atoms with Gasteiger partial charge in [-0.05, 0) is 54.0 Å². The van der Waals surface area contributed by atoms with Gasteiger partial charge < -0.3 is 5.32 Å². The third-order valence-corrected chi connectivity index (χ3v) is 4.04. The maximum atomic E-state index is 12.2. The van der Waals surface area contributed by atoms with E-state index in [0.717, 1.165) is 42.6 Å². The van der Waals surface area contributed by atoms with Crippen molar-refractivity contribution < 1.29 is 4.79 Å². The van der Waals surface area contributed by atoms with Gasteiger partial charge in [0.1, 0.15) is 6.33 Å². The molecular weight excluding hydrogens is 266 g/mol. The Labute approximate surface area is 123 Å². The highest BCUT2D eigenvalue weighted by Crippen LogP contribution is 2.25. The lowest BCUT2D eigenvalue weighted by atomic mass is 9.88. The molecule has 1 saturated carbocycles. The molecule has 1 fully saturated rings. The summed E-state index contributed by atoms with van der Waals surface area (Å²) < 4.78 is 1.61. The van der Waals surface area contributed by atoms with Gasteiger partial charge in [0.25, 0.3) is 0 Å². The van der Waals surface area contributed by atoms with Crippen LogP contribution in [0.3, 0.4) is 0 Å². The molecule has 1 amide bonds. The van der Waals surface area contributed by atoms with Gasteiger partial charge in [-0.1, -0.05) is 19.3 Å². The van der Waals surface area contributed by atoms with Crippen LogP contribution in [-0.4, -0.2) is 26.1 Å². The van der Waals surface area contributed by atoms with Crippen LogP contribution in [0.2, 0.25) is 0 Å². The highest BCUT2D eigenvalue weighted by Gasteiger charge is 2.21. The number of rotatable bonds is 3. The summed E-state index contributed by atoms with van der Waals surface area (Å²) in [6, 6.07) is 5.77. The third-order valence-electron chi connectivity index (χ3n) is 4.04. The van der Waals surface area contributed by atoms with Gasteiger partial charge in [0, 0.05) is 11.6 Å². The summed E-state index contributed by atoms with van der Waals surface area (Å²) in [6.45, 7) is 1.98. The summed E-state index contributed by atoms with van der Waals surface area (Å²) in [4.78, 5) is 12.2. The van der Waals surface area contributed by atoms with Gasteiger partial charge in [0.15, 0.2) is 0 Å². The first kappa shape index (κ1) is 13.7. The Bertz CT molecular complexity index is 617. The highest BCUT2D eigenvalue weighted by molar-refractivity contribution is 5.92. The van der Waals surface area contributed by atoms with E-state index < -0.39 is 0 Å². The molecule has 1 heterocycles. The van der Waals surface area contributed by atoms with Crippen LogP contribution in [0.4, 0.5) is 5.69 Å². The minimum absolute atomic E-state index is 0.143. The van der Waals surface area contributed by atoms with Gasteiger partial charge in [-0.15, -0.1) is 5.10 Å². The summed E-state index contributed by atoms with van der Waals surface area (Å²) in [5, 5.41) is 14.2. The van der Waals surface area contributed by atoms with Crippen LogP contribution in [0.25, 0.3) is 5.69 Å². The van der Waals surface area contributed by atoms with Crippen molar-refractivity contribution in [3.05, 3.63) is 30.1 Å². The van der Waals surface area contributed by atoms with Gasteiger partial charge in [-0.2, -0.15) is 0 Å². The Balaban J connectivity index is 1.72. The van der Waals surface area contributed by atoms with Crippen molar-refractivity contribution in [2.75, 3.05) is 5.32 Å². The standard InChI is InChI=1S/C15H19N5O/c1-11-9-13(7-8-14(11)20-10-16-18-19-20)17-15(21)12-5-3-2-4-6-12/h7-10,12H,2-6H2,1H3,(H,17,21). The number of aryl methyl sites for hydroxylation is 1. The number of tetrazole rings is 1. The Kier molecular flexibility index (Phi) is 3.94. The molecular formula is C15H19N5O. The fourth-order valence-corrected chi connectivity index (χ4v) is 2.87. The van der Waals surface area contributed by atoms with Crippen LogP contribution < -0.4 is 5.32 Å². The minimum atomic E-state index is 0.143. The fourth-order valence-electron chi connectivity index (χ4n) is 2.87. The molecule has 21 heavy (non-hydrogen) atoms. The van der Waals surface area contributed by atoms with E-state index >= 15 is 0 Å². The molecule has 0 unspecified atom stereocenters. The summed E-state index contributed by atoms with van der Waals surface area (Å²) >= 11 is 0. The number of aromatic nitrogens is 4. The van der Waals surface area contributed by atoms with E-state index in [1.54, 1.807) is 11.0 Å². The van der Waals surface area contributed by atoms with Crippen LogP contribution in [0.1, 0.15) is 37.7 Å². The van der Waals surface area contributed by atoms with E-state index in [4.69, 9.17) is 0 Å². The third kappa shape index (κ3) is 3.09. The van der Waals surface area contributed by atoms with E-state index in [1.807, 2.05) is 25.1 Å². The van der Waals surface area contributed by atoms with Crippen molar-refractivity contribution in [1.82, 2.24) is 20.2 Å². The van der Waals surface area contributed by atoms with Gasteiger partial charge >= 0.3 is 0 Å². The van der Waals surface area contributed by atoms with Crippen molar-refractivity contribution in [2.24, 2.45) is 5.92 Å². The molecule has 1 aromatic heterocycles. The molecule has 0 radical (unpaired) electrons. The molecule has 0 atom stereocenters. The van der Waals surface area contributed by atoms with Crippen molar-refractivity contribution in [3.63, 3.8) is 0 Å². The molecule has 0 saturated heterocycles. The lowest BCUT2D eigenvalue weighted by molar-refractivity contribution is -0.120. The smallest absolute Gasteiger partial charge is 0.227 e. The number of carbonyl (C=O) groups excluding carboxylic acids is 1. The second-order valence-electron chi connectivity index (χ2n) is 5.58. The summed E-state index contributed by atoms with van der Waals surface area (Å²) in [5.74, 6) is 0.308. The predicted molar refractivity (Wildman–Crippen MR) is 79.1 cm³/mol. The molecule has 0 aliphatic heterocycles. The zero-order valence-corrected chi connectivity index (χ0v) is 12.1. The van der Waals surface area contributed by atoms with E-state index in [2.05, 4.69) is 20.8 Å². The van der Waals surface area contributed by atoms with Gasteiger partial charge in [0.2, 0.25) is 5.91 Å². The molecule has 1 N–H and O–H groups in total. The monoisotopic (exact) mass is 285 g/mol. The maximum Gasteiger partial charge on any atom is 0.227 e. The molecule has 0 spiro atoms. The lowest BCUT2D eigenvalue weighted by Crippen LogP contribution is -2.24. The largest absolute Gasteiger partial charge is 0.326 e. The average Bonchev–Trinajstić information content (AvgIpc) is 3.02. The molecule has 1 aliphatic rings. The predicted octanol–water partition coefficient (Wildman–Crippen LogP) is 2.49. The molecule has 0 bridgehead atoms. The van der Waals surface area contributed by atoms with Crippen LogP contribution >= 0.6 is 0 Å². The lowest BCUT2D eigenvalue weighted by Gasteiger charge is -2.21. The minimum Gasteiger partial charge on any atom is -0.326 e. The van der Waals surface area contributed by atoms with Crippen LogP contribution in [0, 0.1) is 12.8 Å². The number of nitrogens with zero attached hydrogens (tertiary/aromatic N) is 4. The quantitative estimate of drug-likeness (QED) is 0.940. The van der Waals surface area contributed by atoms with Crippen LogP contribution in [0.5, 0.6) is 0 Å². The van der Waals surface area contributed by atoms with Crippen LogP contribution in [0.15, 0.2) is 24.5 Å². The molecule has 1 aromatic carbocycles. The zero-order valence-electron chi connectivity index (χ0n) is 12.1. The first-order valence-electron chi connectivity index (χ1n) is 7.39. The Hall–Kier alpha value is -2.24. The molecule has 110 valence electrons. The first-order chi connectivity index (χ1) is 10.2. The Morgan fingerprint density at radius 3 is 2.76 bits per heavy atom. The number of benzene rings is 1. The van der Waals surface area contributed by atoms with E-state index in [9.17, 15) is 4.79 Å². The van der Waals surface area contributed by atoms with E-state index in [0.29, 0.717) is 0 Å². The molecule has 3 rings (SSSR count). The highest BCUT2D eigenvalue weighted by atomic mass is 16.1. The van der Waals surface area contributed by atoms with Gasteiger partial charge in [-0.3, -0.25) is 4.79 Å². The average molecular weight is 285 g/mol. The summed E-state index contributed by atoms with van der Waals surface area (Å²) in [5.41, 5.74) is 2.76. The topological polar surface area (TPSA) is 72.7 Å². The first-order valence-corrected chi connectivity index (χ1v) is 7.39. The SMILES string of the molecule is Cc1cc(NC(=O)C2CCCCC2)ccc1-n1cnnn1. The van der Waals surface area contributed by atoms with Crippen LogP contribution in [-0.2, 0) is 4.79 Å². The van der Waals surface area contributed by atoms with Crippen molar-refractivity contribution in [3.8, 4) is 5.69 Å². The zero-order chi connectivity index (χ0) is 14.7. The van der Waals surface area contributed by atoms with E-state index in [-0.39, 0.29) is 11.8 Å². The fraction of sp³-hybridized carbons (Fsp3) is 0.467. The summed E-state index contributed by atoms with van der Waals surface area (Å²) in [7, 11) is 0. The normalized spacial score (nSPS) is 15.9. The maximum absolute atomic E-state index is 12.2. The number of nitrogens with one attached hydrogen (secondary N) is 1. The molecule has 6 heteroatoms. The molecule has 2 aromatic rings. The van der Waals surface area contributed by atoms with Crippen molar-refractivity contribution in [2.45, 2.75) is 39.0 Å². The van der Waals surface area contributed by atoms with Crippen molar-refractivity contribution >= 4 is 11.6 Å². The van der Waals surface area contributed by atoms with Gasteiger partial charge in [0.05, 0.1) is 5.69 Å². The number of hydrogen-bond acceptors (Lipinski definition) is 4. The summed E-state index contributed by atoms with van der Waals surface area (Å²) in [6.07, 6.45) is 7.15. The Morgan fingerprint density at radius 2 is 2.10 bits per heavy atom. The number of anilines is 1. The second kappa shape index (κ2) is 6.03. The number of hydrogen-bond donors (Lipinski definition) is 1. The van der Waals surface area contributed by atoms with E-state index in [1.165, 1.54) is 6.42 Å². The Morgan fingerprint density at radius 1 is 1.29 bits per heavy atom. The second-order valence-corrected chi connectivity index (χ2v) is 5.58. The van der Waals surface area contributed by atoms with Crippen molar-refractivity contribution in [1.29, 1.82) is 0 Å². The van der Waals surface area contributed by atoms with Gasteiger partial charge in [-0.25, -0.2) is 4.68 Å². The number of carbonyl (C=O) groups is 1. The number of amides is 1. The molecule has 6 nitrogen and oxygen atoms in total. The molecule has 1 aliphatic carbocycles.